The van der Waals surface area contributed by atoms with Gasteiger partial charge in [-0.1, -0.05) is 20.8 Å². The SMILES string of the molecule is C=NOCC(C)C(C)C. The second kappa shape index (κ2) is 4.36. The molecule has 0 aliphatic heterocycles. The second-order valence-electron chi connectivity index (χ2n) is 2.65. The fraction of sp³-hybridized carbons (Fsp3) is 0.857. The first-order chi connectivity index (χ1) is 4.18. The molecule has 2 heteroatoms. The van der Waals surface area contributed by atoms with Gasteiger partial charge in [0, 0.05) is 6.72 Å². The number of nitrogens with zero attached hydrogens (tertiary/aromatic N) is 1. The Hall–Kier alpha value is -0.530. The zero-order valence-electron chi connectivity index (χ0n) is 6.42. The van der Waals surface area contributed by atoms with Crippen LogP contribution in [-0.4, -0.2) is 13.3 Å². The van der Waals surface area contributed by atoms with E-state index in [0.717, 1.165) is 0 Å². The van der Waals surface area contributed by atoms with Gasteiger partial charge in [-0.2, -0.15) is 0 Å². The van der Waals surface area contributed by atoms with Crippen LogP contribution < -0.4 is 0 Å². The molecular formula is C7H15NO. The molecule has 1 unspecified atom stereocenters. The van der Waals surface area contributed by atoms with Crippen molar-refractivity contribution in [3.05, 3.63) is 0 Å². The van der Waals surface area contributed by atoms with Crippen LogP contribution in [0.3, 0.4) is 0 Å². The third kappa shape index (κ3) is 4.01. The molecule has 0 bridgehead atoms. The van der Waals surface area contributed by atoms with Gasteiger partial charge in [-0.15, -0.1) is 5.16 Å². The van der Waals surface area contributed by atoms with Crippen LogP contribution in [0.5, 0.6) is 0 Å². The summed E-state index contributed by atoms with van der Waals surface area (Å²) in [4.78, 5) is 4.77. The van der Waals surface area contributed by atoms with E-state index in [1.54, 1.807) is 0 Å². The van der Waals surface area contributed by atoms with Crippen molar-refractivity contribution in [2.45, 2.75) is 20.8 Å². The van der Waals surface area contributed by atoms with Crippen molar-refractivity contribution < 1.29 is 4.84 Å². The van der Waals surface area contributed by atoms with E-state index >= 15 is 0 Å². The van der Waals surface area contributed by atoms with Crippen molar-refractivity contribution in [1.82, 2.24) is 0 Å². The summed E-state index contributed by atoms with van der Waals surface area (Å²) in [5.41, 5.74) is 0. The zero-order valence-corrected chi connectivity index (χ0v) is 6.42. The predicted molar refractivity (Wildman–Crippen MR) is 39.5 cm³/mol. The largest absolute Gasteiger partial charge is 0.396 e. The molecule has 0 aliphatic carbocycles. The van der Waals surface area contributed by atoms with Crippen molar-refractivity contribution in [3.8, 4) is 0 Å². The van der Waals surface area contributed by atoms with Gasteiger partial charge < -0.3 is 4.84 Å². The lowest BCUT2D eigenvalue weighted by molar-refractivity contribution is 0.0986. The van der Waals surface area contributed by atoms with E-state index in [4.69, 9.17) is 4.84 Å². The van der Waals surface area contributed by atoms with Crippen LogP contribution in [0.4, 0.5) is 0 Å². The molecule has 0 aromatic carbocycles. The van der Waals surface area contributed by atoms with Crippen LogP contribution in [0, 0.1) is 11.8 Å². The normalized spacial score (nSPS) is 13.3. The molecule has 0 rings (SSSR count). The van der Waals surface area contributed by atoms with Crippen LogP contribution in [0.1, 0.15) is 20.8 Å². The topological polar surface area (TPSA) is 21.6 Å². The molecule has 2 nitrogen and oxygen atoms in total. The Labute approximate surface area is 56.9 Å². The smallest absolute Gasteiger partial charge is 0.119 e. The maximum Gasteiger partial charge on any atom is 0.119 e. The highest BCUT2D eigenvalue weighted by Gasteiger charge is 2.05. The Balaban J connectivity index is 3.26. The van der Waals surface area contributed by atoms with E-state index in [9.17, 15) is 0 Å². The minimum Gasteiger partial charge on any atom is -0.396 e. The molecule has 0 N–H and O–H groups in total. The molecule has 0 spiro atoms. The van der Waals surface area contributed by atoms with Crippen molar-refractivity contribution in [1.29, 1.82) is 0 Å². The Morgan fingerprint density at radius 1 is 1.44 bits per heavy atom. The Bertz CT molecular complexity index is 81.0. The Morgan fingerprint density at radius 3 is 2.33 bits per heavy atom. The fourth-order valence-corrected chi connectivity index (χ4v) is 0.363. The predicted octanol–water partition coefficient (Wildman–Crippen LogP) is 1.91. The highest BCUT2D eigenvalue weighted by molar-refractivity contribution is 5.21. The highest BCUT2D eigenvalue weighted by atomic mass is 16.6. The van der Waals surface area contributed by atoms with E-state index in [0.29, 0.717) is 18.4 Å². The summed E-state index contributed by atoms with van der Waals surface area (Å²) < 4.78 is 0. The van der Waals surface area contributed by atoms with Crippen molar-refractivity contribution in [3.63, 3.8) is 0 Å². The summed E-state index contributed by atoms with van der Waals surface area (Å²) in [5, 5.41) is 3.31. The first kappa shape index (κ1) is 8.47. The first-order valence-electron chi connectivity index (χ1n) is 3.26. The number of rotatable bonds is 4. The molecule has 0 saturated heterocycles. The minimum atomic E-state index is 0.565. The van der Waals surface area contributed by atoms with Gasteiger partial charge in [0.25, 0.3) is 0 Å². The molecule has 0 amide bonds. The summed E-state index contributed by atoms with van der Waals surface area (Å²) in [6, 6.07) is 0. The molecule has 54 valence electrons. The monoisotopic (exact) mass is 129 g/mol. The molecule has 9 heavy (non-hydrogen) atoms. The maximum absolute atomic E-state index is 4.77. The molecule has 0 fully saturated rings. The molecule has 0 aromatic rings. The Morgan fingerprint density at radius 2 is 2.00 bits per heavy atom. The molecule has 0 radical (unpaired) electrons. The van der Waals surface area contributed by atoms with Crippen LogP contribution in [0.25, 0.3) is 0 Å². The zero-order chi connectivity index (χ0) is 7.28. The van der Waals surface area contributed by atoms with E-state index in [1.807, 2.05) is 0 Å². The number of hydrogen-bond acceptors (Lipinski definition) is 2. The first-order valence-corrected chi connectivity index (χ1v) is 3.26. The van der Waals surface area contributed by atoms with E-state index < -0.39 is 0 Å². The summed E-state index contributed by atoms with van der Waals surface area (Å²) in [6.07, 6.45) is 0. The van der Waals surface area contributed by atoms with Gasteiger partial charge in [0.05, 0.1) is 0 Å². The number of oxime groups is 1. The number of hydrogen-bond donors (Lipinski definition) is 0. The van der Waals surface area contributed by atoms with Gasteiger partial charge >= 0.3 is 0 Å². The standard InChI is InChI=1S/C7H15NO/c1-6(2)7(3)5-9-8-4/h6-7H,4-5H2,1-3H3. The third-order valence-corrected chi connectivity index (χ3v) is 1.57. The highest BCUT2D eigenvalue weighted by Crippen LogP contribution is 2.08. The lowest BCUT2D eigenvalue weighted by Crippen LogP contribution is -2.09. The average Bonchev–Trinajstić information content (AvgIpc) is 1.82. The van der Waals surface area contributed by atoms with Gasteiger partial charge in [-0.3, -0.25) is 0 Å². The molecule has 0 aliphatic rings. The molecular weight excluding hydrogens is 114 g/mol. The Kier molecular flexibility index (Phi) is 4.10. The summed E-state index contributed by atoms with van der Waals surface area (Å²) in [7, 11) is 0. The lowest BCUT2D eigenvalue weighted by Gasteiger charge is -2.12. The van der Waals surface area contributed by atoms with Crippen molar-refractivity contribution in [2.24, 2.45) is 17.0 Å². The van der Waals surface area contributed by atoms with Crippen LogP contribution in [0.15, 0.2) is 5.16 Å². The van der Waals surface area contributed by atoms with Crippen LogP contribution in [0.2, 0.25) is 0 Å². The summed E-state index contributed by atoms with van der Waals surface area (Å²) >= 11 is 0. The summed E-state index contributed by atoms with van der Waals surface area (Å²) in [5.74, 6) is 1.22. The lowest BCUT2D eigenvalue weighted by atomic mass is 10.00. The summed E-state index contributed by atoms with van der Waals surface area (Å²) in [6.45, 7) is 10.4. The van der Waals surface area contributed by atoms with Gasteiger partial charge in [0.15, 0.2) is 0 Å². The average molecular weight is 129 g/mol. The van der Waals surface area contributed by atoms with E-state index in [-0.39, 0.29) is 0 Å². The third-order valence-electron chi connectivity index (χ3n) is 1.57. The van der Waals surface area contributed by atoms with E-state index in [1.165, 1.54) is 0 Å². The minimum absolute atomic E-state index is 0.565. The van der Waals surface area contributed by atoms with Crippen molar-refractivity contribution >= 4 is 6.72 Å². The van der Waals surface area contributed by atoms with Crippen LogP contribution >= 0.6 is 0 Å². The van der Waals surface area contributed by atoms with Gasteiger partial charge in [0.1, 0.15) is 6.61 Å². The second-order valence-corrected chi connectivity index (χ2v) is 2.65. The molecule has 0 heterocycles. The van der Waals surface area contributed by atoms with Crippen molar-refractivity contribution in [2.75, 3.05) is 6.61 Å². The van der Waals surface area contributed by atoms with Gasteiger partial charge in [-0.25, -0.2) is 0 Å². The van der Waals surface area contributed by atoms with Gasteiger partial charge in [0.2, 0.25) is 0 Å². The quantitative estimate of drug-likeness (QED) is 0.419. The van der Waals surface area contributed by atoms with Gasteiger partial charge in [-0.05, 0) is 11.8 Å². The fourth-order valence-electron chi connectivity index (χ4n) is 0.363. The molecule has 1 atom stereocenters. The van der Waals surface area contributed by atoms with E-state index in [2.05, 4.69) is 32.6 Å². The maximum atomic E-state index is 4.77. The van der Waals surface area contributed by atoms with Crippen LogP contribution in [-0.2, 0) is 4.84 Å². The molecule has 0 aromatic heterocycles. The molecule has 0 saturated carbocycles.